The number of benzene rings is 4. The van der Waals surface area contributed by atoms with Crippen LogP contribution in [-0.2, 0) is 19.1 Å². The molecular weight excluding hydrogens is 572 g/mol. The van der Waals surface area contributed by atoms with E-state index in [9.17, 15) is 24.3 Å². The molecule has 4 aromatic rings. The molecule has 0 aliphatic carbocycles. The average Bonchev–Trinajstić information content (AvgIpc) is 3.01. The molecule has 2 atom stereocenters. The van der Waals surface area contributed by atoms with Crippen molar-refractivity contribution in [3.63, 3.8) is 0 Å². The first-order valence-corrected chi connectivity index (χ1v) is 14.1. The van der Waals surface area contributed by atoms with Crippen LogP contribution in [0.1, 0.15) is 58.0 Å². The van der Waals surface area contributed by atoms with Gasteiger partial charge in [-0.1, -0.05) is 12.1 Å². The normalized spacial score (nSPS) is 16.1. The molecule has 6 rings (SSSR count). The standard InChI is InChI=1S/C33H28O11/c1-3-39-27(35)15-41-23-9-6-18-17(22(23)14-34)5-11-25-30(18)21-13-29(43-25)44-26-12-8-20-19(31(21)26)7-10-24(32(20)33(37)38)42-16-28(36)40-4-2/h5-12,14,21,29H,3-4,13,15-16H2,1-2H3,(H,37,38). The van der Waals surface area contributed by atoms with Crippen molar-refractivity contribution >= 4 is 45.7 Å². The second-order valence-electron chi connectivity index (χ2n) is 10.1. The summed E-state index contributed by atoms with van der Waals surface area (Å²) in [5.41, 5.74) is 1.77. The Morgan fingerprint density at radius 1 is 0.773 bits per heavy atom. The lowest BCUT2D eigenvalue weighted by molar-refractivity contribution is -0.146. The Morgan fingerprint density at radius 3 is 1.86 bits per heavy atom. The van der Waals surface area contributed by atoms with Crippen LogP contribution in [-0.4, -0.2) is 62.0 Å². The van der Waals surface area contributed by atoms with Crippen molar-refractivity contribution in [3.05, 3.63) is 70.8 Å². The van der Waals surface area contributed by atoms with E-state index in [0.29, 0.717) is 40.4 Å². The van der Waals surface area contributed by atoms with Crippen molar-refractivity contribution < 1.29 is 52.7 Å². The van der Waals surface area contributed by atoms with Crippen molar-refractivity contribution in [2.75, 3.05) is 26.4 Å². The summed E-state index contributed by atoms with van der Waals surface area (Å²) in [4.78, 5) is 48.5. The summed E-state index contributed by atoms with van der Waals surface area (Å²) in [6.07, 6.45) is 0.560. The maximum atomic E-state index is 12.5. The number of esters is 2. The Kier molecular flexibility index (Phi) is 7.69. The summed E-state index contributed by atoms with van der Waals surface area (Å²) in [5.74, 6) is -1.25. The summed E-state index contributed by atoms with van der Waals surface area (Å²) in [6.45, 7) is 2.98. The smallest absolute Gasteiger partial charge is 0.344 e. The fourth-order valence-corrected chi connectivity index (χ4v) is 5.97. The number of carboxylic acids is 1. The highest BCUT2D eigenvalue weighted by Crippen LogP contribution is 2.53. The average molecular weight is 601 g/mol. The molecule has 0 saturated carbocycles. The van der Waals surface area contributed by atoms with E-state index in [1.165, 1.54) is 6.07 Å². The first kappa shape index (κ1) is 28.8. The van der Waals surface area contributed by atoms with Gasteiger partial charge in [0.1, 0.15) is 28.6 Å². The maximum absolute atomic E-state index is 12.5. The number of aromatic carboxylic acids is 1. The summed E-state index contributed by atoms with van der Waals surface area (Å²) in [7, 11) is 0. The van der Waals surface area contributed by atoms with E-state index in [0.717, 1.165) is 16.5 Å². The van der Waals surface area contributed by atoms with Crippen LogP contribution in [0.3, 0.4) is 0 Å². The van der Waals surface area contributed by atoms with Crippen molar-refractivity contribution in [2.45, 2.75) is 32.5 Å². The molecule has 2 unspecified atom stereocenters. The Bertz CT molecular complexity index is 1830. The van der Waals surface area contributed by atoms with E-state index in [1.807, 2.05) is 6.07 Å². The Hall–Kier alpha value is -5.32. The van der Waals surface area contributed by atoms with E-state index in [4.69, 9.17) is 28.4 Å². The lowest BCUT2D eigenvalue weighted by atomic mass is 9.78. The first-order valence-electron chi connectivity index (χ1n) is 14.1. The molecule has 4 aromatic carbocycles. The molecule has 0 amide bonds. The fourth-order valence-electron chi connectivity index (χ4n) is 5.97. The molecule has 0 saturated heterocycles. The van der Waals surface area contributed by atoms with Crippen LogP contribution in [0.25, 0.3) is 21.5 Å². The predicted octanol–water partition coefficient (Wildman–Crippen LogP) is 5.02. The third kappa shape index (κ3) is 5.00. The summed E-state index contributed by atoms with van der Waals surface area (Å²) in [6, 6.07) is 13.6. The minimum Gasteiger partial charge on any atom is -0.481 e. The number of ether oxygens (including phenoxy) is 6. The van der Waals surface area contributed by atoms with Gasteiger partial charge in [-0.15, -0.1) is 0 Å². The van der Waals surface area contributed by atoms with Crippen LogP contribution < -0.4 is 18.9 Å². The molecule has 0 aromatic heterocycles. The van der Waals surface area contributed by atoms with Crippen molar-refractivity contribution in [1.29, 1.82) is 0 Å². The van der Waals surface area contributed by atoms with Gasteiger partial charge in [0, 0.05) is 28.9 Å². The van der Waals surface area contributed by atoms with Gasteiger partial charge in [-0.05, 0) is 66.4 Å². The van der Waals surface area contributed by atoms with Crippen LogP contribution in [0, 0.1) is 0 Å². The zero-order valence-corrected chi connectivity index (χ0v) is 23.9. The highest BCUT2D eigenvalue weighted by atomic mass is 16.7. The van der Waals surface area contributed by atoms with Gasteiger partial charge in [0.15, 0.2) is 19.5 Å². The number of aldehydes is 1. The number of carbonyl (C=O) groups is 4. The molecule has 11 heteroatoms. The Labute approximate surface area is 251 Å². The molecule has 0 spiro atoms. The molecule has 0 radical (unpaired) electrons. The summed E-state index contributed by atoms with van der Waals surface area (Å²) in [5, 5.41) is 12.6. The number of carbonyl (C=O) groups excluding carboxylic acids is 3. The van der Waals surface area contributed by atoms with E-state index in [-0.39, 0.29) is 48.4 Å². The molecule has 44 heavy (non-hydrogen) atoms. The predicted molar refractivity (Wildman–Crippen MR) is 156 cm³/mol. The van der Waals surface area contributed by atoms with Crippen LogP contribution in [0.4, 0.5) is 0 Å². The molecular formula is C33H28O11. The molecule has 11 nitrogen and oxygen atoms in total. The van der Waals surface area contributed by atoms with E-state index in [2.05, 4.69) is 0 Å². The molecule has 1 N–H and O–H groups in total. The van der Waals surface area contributed by atoms with Crippen molar-refractivity contribution in [3.8, 4) is 23.0 Å². The second kappa shape index (κ2) is 11.8. The second-order valence-corrected chi connectivity index (χ2v) is 10.1. The van der Waals surface area contributed by atoms with Crippen LogP contribution in [0.5, 0.6) is 23.0 Å². The lowest BCUT2D eigenvalue weighted by Gasteiger charge is -2.39. The van der Waals surface area contributed by atoms with Gasteiger partial charge in [0.05, 0.1) is 18.8 Å². The minimum absolute atomic E-state index is 0.0383. The number of rotatable bonds is 10. The van der Waals surface area contributed by atoms with Crippen LogP contribution in [0.15, 0.2) is 48.5 Å². The van der Waals surface area contributed by atoms with Gasteiger partial charge < -0.3 is 33.5 Å². The number of fused-ring (bicyclic) bond motifs is 10. The topological polar surface area (TPSA) is 144 Å². The quantitative estimate of drug-likeness (QED) is 0.194. The van der Waals surface area contributed by atoms with E-state index in [1.54, 1.807) is 50.2 Å². The van der Waals surface area contributed by atoms with Gasteiger partial charge in [0.25, 0.3) is 0 Å². The Balaban J connectivity index is 1.47. The third-order valence-corrected chi connectivity index (χ3v) is 7.64. The minimum atomic E-state index is -1.21. The molecule has 226 valence electrons. The van der Waals surface area contributed by atoms with Gasteiger partial charge in [-0.25, -0.2) is 14.4 Å². The summed E-state index contributed by atoms with van der Waals surface area (Å²) >= 11 is 0. The number of hydrogen-bond acceptors (Lipinski definition) is 10. The number of hydrogen-bond donors (Lipinski definition) is 1. The molecule has 2 aliphatic rings. The molecule has 2 aliphatic heterocycles. The zero-order valence-electron chi connectivity index (χ0n) is 23.9. The highest BCUT2D eigenvalue weighted by Gasteiger charge is 2.39. The molecule has 0 fully saturated rings. The fraction of sp³-hybridized carbons (Fsp3) is 0.273. The van der Waals surface area contributed by atoms with Gasteiger partial charge in [-0.2, -0.15) is 0 Å². The molecule has 2 bridgehead atoms. The van der Waals surface area contributed by atoms with Gasteiger partial charge in [-0.3, -0.25) is 4.79 Å². The SMILES string of the molecule is CCOC(=O)COc1ccc2c3c(ccc2c1C=O)OC1CC3c2c(ccc3c(C(=O)O)c(OCC(=O)OCC)ccc23)O1. The van der Waals surface area contributed by atoms with Crippen molar-refractivity contribution in [1.82, 2.24) is 0 Å². The largest absolute Gasteiger partial charge is 0.481 e. The van der Waals surface area contributed by atoms with E-state index >= 15 is 0 Å². The highest BCUT2D eigenvalue weighted by molar-refractivity contribution is 6.08. The van der Waals surface area contributed by atoms with Crippen molar-refractivity contribution in [2.24, 2.45) is 0 Å². The molecule has 2 heterocycles. The lowest BCUT2D eigenvalue weighted by Crippen LogP contribution is -2.35. The van der Waals surface area contributed by atoms with Crippen LogP contribution >= 0.6 is 0 Å². The zero-order chi connectivity index (χ0) is 31.0. The monoisotopic (exact) mass is 600 g/mol. The third-order valence-electron chi connectivity index (χ3n) is 7.64. The van der Waals surface area contributed by atoms with E-state index < -0.39 is 30.8 Å². The van der Waals surface area contributed by atoms with Gasteiger partial charge >= 0.3 is 17.9 Å². The van der Waals surface area contributed by atoms with Gasteiger partial charge in [0.2, 0.25) is 6.29 Å². The first-order chi connectivity index (χ1) is 21.3. The summed E-state index contributed by atoms with van der Waals surface area (Å²) < 4.78 is 33.4. The Morgan fingerprint density at radius 2 is 1.30 bits per heavy atom. The number of carboxylic acid groups (broad SMARTS) is 1. The maximum Gasteiger partial charge on any atom is 0.344 e. The van der Waals surface area contributed by atoms with Crippen LogP contribution in [0.2, 0.25) is 0 Å².